The molecule has 0 aliphatic rings. The average Bonchev–Trinajstić information content (AvgIpc) is 2.30. The number of benzene rings is 1. The lowest BCUT2D eigenvalue weighted by molar-refractivity contribution is -0.139. The van der Waals surface area contributed by atoms with E-state index in [0.717, 1.165) is 5.56 Å². The molecule has 5 heteroatoms. The van der Waals surface area contributed by atoms with E-state index in [1.807, 2.05) is 32.0 Å². The van der Waals surface area contributed by atoms with Crippen molar-refractivity contribution in [2.45, 2.75) is 20.1 Å². The molecule has 0 aromatic heterocycles. The Morgan fingerprint density at radius 2 is 1.88 bits per heavy atom. The zero-order valence-electron chi connectivity index (χ0n) is 9.46. The van der Waals surface area contributed by atoms with Crippen molar-refractivity contribution < 1.29 is 9.47 Å². The van der Waals surface area contributed by atoms with Crippen molar-refractivity contribution in [3.8, 4) is 0 Å². The summed E-state index contributed by atoms with van der Waals surface area (Å²) in [7, 11) is 0. The van der Waals surface area contributed by atoms with Crippen molar-refractivity contribution in [1.82, 2.24) is 0 Å². The van der Waals surface area contributed by atoms with Crippen LogP contribution >= 0.6 is 0 Å². The smallest absolute Gasteiger partial charge is 0.184 e. The third kappa shape index (κ3) is 3.24. The van der Waals surface area contributed by atoms with Gasteiger partial charge in [-0.3, -0.25) is 0 Å². The number of hydrogen-bond acceptors (Lipinski definition) is 3. The van der Waals surface area contributed by atoms with Crippen molar-refractivity contribution in [1.29, 1.82) is 0 Å². The summed E-state index contributed by atoms with van der Waals surface area (Å²) in [6.07, 6.45) is -0.475. The second kappa shape index (κ2) is 6.85. The van der Waals surface area contributed by atoms with E-state index in [1.165, 1.54) is 0 Å². The highest BCUT2D eigenvalue weighted by atomic mass is 16.7. The lowest BCUT2D eigenvalue weighted by Crippen LogP contribution is -2.08. The molecule has 0 radical (unpaired) electrons. The van der Waals surface area contributed by atoms with Crippen LogP contribution in [0, 0.1) is 0 Å². The number of ether oxygens (including phenoxy) is 2. The maximum Gasteiger partial charge on any atom is 0.184 e. The first-order valence-electron chi connectivity index (χ1n) is 5.20. The largest absolute Gasteiger partial charge is 0.349 e. The fourth-order valence-electron chi connectivity index (χ4n) is 1.36. The highest BCUT2D eigenvalue weighted by Gasteiger charge is 2.14. The maximum atomic E-state index is 8.46. The molecule has 1 aromatic carbocycles. The van der Waals surface area contributed by atoms with E-state index in [2.05, 4.69) is 10.0 Å². The molecule has 5 nitrogen and oxygen atoms in total. The van der Waals surface area contributed by atoms with Crippen LogP contribution in [0.3, 0.4) is 0 Å². The van der Waals surface area contributed by atoms with Crippen LogP contribution in [0.2, 0.25) is 0 Å². The van der Waals surface area contributed by atoms with Crippen LogP contribution < -0.4 is 0 Å². The molecular formula is C11H15N3O2. The molecule has 0 fully saturated rings. The highest BCUT2D eigenvalue weighted by molar-refractivity contribution is 5.46. The van der Waals surface area contributed by atoms with Crippen LogP contribution in [-0.4, -0.2) is 13.2 Å². The highest BCUT2D eigenvalue weighted by Crippen LogP contribution is 2.28. The van der Waals surface area contributed by atoms with Crippen LogP contribution in [-0.2, 0) is 9.47 Å². The maximum absolute atomic E-state index is 8.46. The molecule has 0 heterocycles. The SMILES string of the molecule is CCOC(OCC)c1ccccc1N=[N+]=[N-]. The lowest BCUT2D eigenvalue weighted by Gasteiger charge is -2.18. The Morgan fingerprint density at radius 1 is 1.25 bits per heavy atom. The molecule has 0 saturated carbocycles. The Morgan fingerprint density at radius 3 is 2.44 bits per heavy atom. The summed E-state index contributed by atoms with van der Waals surface area (Å²) in [4.78, 5) is 2.78. The molecule has 0 aliphatic heterocycles. The summed E-state index contributed by atoms with van der Waals surface area (Å²) in [5.41, 5.74) is 9.75. The normalized spacial score (nSPS) is 10.2. The van der Waals surface area contributed by atoms with Gasteiger partial charge in [0.05, 0.1) is 0 Å². The quantitative estimate of drug-likeness (QED) is 0.318. The average molecular weight is 221 g/mol. The summed E-state index contributed by atoms with van der Waals surface area (Å²) < 4.78 is 10.9. The molecule has 86 valence electrons. The summed E-state index contributed by atoms with van der Waals surface area (Å²) in [5, 5.41) is 3.61. The number of azide groups is 1. The Labute approximate surface area is 94.6 Å². The van der Waals surface area contributed by atoms with Crippen LogP contribution in [0.4, 0.5) is 5.69 Å². The van der Waals surface area contributed by atoms with E-state index in [0.29, 0.717) is 18.9 Å². The minimum Gasteiger partial charge on any atom is -0.349 e. The van der Waals surface area contributed by atoms with E-state index >= 15 is 0 Å². The van der Waals surface area contributed by atoms with Gasteiger partial charge < -0.3 is 9.47 Å². The summed E-state index contributed by atoms with van der Waals surface area (Å²) >= 11 is 0. The van der Waals surface area contributed by atoms with Crippen molar-refractivity contribution in [2.75, 3.05) is 13.2 Å². The second-order valence-corrected chi connectivity index (χ2v) is 2.99. The summed E-state index contributed by atoms with van der Waals surface area (Å²) in [6.45, 7) is 4.86. The van der Waals surface area contributed by atoms with Gasteiger partial charge >= 0.3 is 0 Å². The van der Waals surface area contributed by atoms with Gasteiger partial charge in [0.25, 0.3) is 0 Å². The predicted molar refractivity (Wildman–Crippen MR) is 61.2 cm³/mol. The van der Waals surface area contributed by atoms with Crippen molar-refractivity contribution in [3.63, 3.8) is 0 Å². The van der Waals surface area contributed by atoms with Crippen LogP contribution in [0.15, 0.2) is 29.4 Å². The van der Waals surface area contributed by atoms with Gasteiger partial charge in [-0.25, -0.2) is 0 Å². The first-order chi connectivity index (χ1) is 7.83. The molecule has 0 unspecified atom stereocenters. The van der Waals surface area contributed by atoms with Gasteiger partial charge in [0.1, 0.15) is 0 Å². The Kier molecular flexibility index (Phi) is 5.36. The Balaban J connectivity index is 3.01. The van der Waals surface area contributed by atoms with E-state index in [4.69, 9.17) is 15.0 Å². The van der Waals surface area contributed by atoms with E-state index in [-0.39, 0.29) is 0 Å². The first-order valence-corrected chi connectivity index (χ1v) is 5.20. The van der Waals surface area contributed by atoms with Gasteiger partial charge in [-0.1, -0.05) is 29.4 Å². The summed E-state index contributed by atoms with van der Waals surface area (Å²) in [6, 6.07) is 7.24. The fraction of sp³-hybridized carbons (Fsp3) is 0.455. The van der Waals surface area contributed by atoms with E-state index < -0.39 is 6.29 Å². The molecule has 0 N–H and O–H groups in total. The minimum absolute atomic E-state index is 0.475. The fourth-order valence-corrected chi connectivity index (χ4v) is 1.36. The zero-order valence-corrected chi connectivity index (χ0v) is 9.46. The van der Waals surface area contributed by atoms with Crippen LogP contribution in [0.5, 0.6) is 0 Å². The van der Waals surface area contributed by atoms with Crippen molar-refractivity contribution in [2.24, 2.45) is 5.11 Å². The zero-order chi connectivity index (χ0) is 11.8. The summed E-state index contributed by atoms with van der Waals surface area (Å²) in [5.74, 6) is 0. The van der Waals surface area contributed by atoms with Gasteiger partial charge in [-0.05, 0) is 19.4 Å². The van der Waals surface area contributed by atoms with Crippen LogP contribution in [0.25, 0.3) is 10.4 Å². The number of hydrogen-bond donors (Lipinski definition) is 0. The molecule has 0 amide bonds. The predicted octanol–water partition coefficient (Wildman–Crippen LogP) is 3.70. The van der Waals surface area contributed by atoms with E-state index in [1.54, 1.807) is 6.07 Å². The first kappa shape index (κ1) is 12.5. The van der Waals surface area contributed by atoms with Gasteiger partial charge in [-0.2, -0.15) is 0 Å². The molecule has 1 aromatic rings. The molecule has 0 saturated heterocycles. The molecule has 16 heavy (non-hydrogen) atoms. The Hall–Kier alpha value is -1.55. The van der Waals surface area contributed by atoms with Gasteiger partial charge in [0, 0.05) is 29.4 Å². The third-order valence-corrected chi connectivity index (χ3v) is 1.98. The standard InChI is InChI=1S/C11H15N3O2/c1-3-15-11(16-4-2)9-7-5-6-8-10(9)13-14-12/h5-8,11H,3-4H2,1-2H3. The number of rotatable bonds is 6. The third-order valence-electron chi connectivity index (χ3n) is 1.98. The molecule has 0 bridgehead atoms. The lowest BCUT2D eigenvalue weighted by atomic mass is 10.2. The van der Waals surface area contributed by atoms with Gasteiger partial charge in [0.2, 0.25) is 0 Å². The molecular weight excluding hydrogens is 206 g/mol. The van der Waals surface area contributed by atoms with Gasteiger partial charge in [0.15, 0.2) is 6.29 Å². The van der Waals surface area contributed by atoms with Crippen molar-refractivity contribution in [3.05, 3.63) is 40.3 Å². The molecule has 0 spiro atoms. The Bertz CT molecular complexity index is 369. The minimum atomic E-state index is -0.475. The monoisotopic (exact) mass is 221 g/mol. The number of nitrogens with zero attached hydrogens (tertiary/aromatic N) is 3. The topological polar surface area (TPSA) is 67.2 Å². The molecule has 0 atom stereocenters. The van der Waals surface area contributed by atoms with Crippen LogP contribution in [0.1, 0.15) is 25.7 Å². The van der Waals surface area contributed by atoms with Crippen molar-refractivity contribution >= 4 is 5.69 Å². The second-order valence-electron chi connectivity index (χ2n) is 2.99. The molecule has 0 aliphatic carbocycles. The molecule has 1 rings (SSSR count). The van der Waals surface area contributed by atoms with Gasteiger partial charge in [-0.15, -0.1) is 0 Å². The van der Waals surface area contributed by atoms with E-state index in [9.17, 15) is 0 Å².